The van der Waals surface area contributed by atoms with Crippen LogP contribution in [0.1, 0.15) is 43.0 Å². The van der Waals surface area contributed by atoms with Crippen LogP contribution in [0.2, 0.25) is 5.02 Å². The van der Waals surface area contributed by atoms with Crippen LogP contribution in [0.25, 0.3) is 0 Å². The number of esters is 1. The van der Waals surface area contributed by atoms with E-state index in [1.807, 2.05) is 100 Å². The number of halogens is 1. The zero-order chi connectivity index (χ0) is 23.4. The van der Waals surface area contributed by atoms with Crippen LogP contribution in [0.15, 0.2) is 78.9 Å². The van der Waals surface area contributed by atoms with Crippen LogP contribution < -0.4 is 5.73 Å². The molecule has 168 valence electrons. The molecule has 0 aliphatic rings. The van der Waals surface area contributed by atoms with Gasteiger partial charge in [-0.25, -0.2) is 0 Å². The second-order valence-electron chi connectivity index (χ2n) is 8.84. The molecule has 0 aliphatic carbocycles. The third-order valence-corrected chi connectivity index (χ3v) is 5.47. The van der Waals surface area contributed by atoms with Crippen molar-refractivity contribution in [3.63, 3.8) is 0 Å². The van der Waals surface area contributed by atoms with Gasteiger partial charge in [0.25, 0.3) is 0 Å². The number of nitrogens with two attached hydrogens (primary N) is 1. The van der Waals surface area contributed by atoms with Crippen LogP contribution in [0.5, 0.6) is 0 Å². The maximum absolute atomic E-state index is 13.3. The van der Waals surface area contributed by atoms with E-state index >= 15 is 0 Å². The molecule has 3 rings (SSSR count). The van der Waals surface area contributed by atoms with Crippen molar-refractivity contribution < 1.29 is 14.3 Å². The molecule has 0 saturated heterocycles. The van der Waals surface area contributed by atoms with Gasteiger partial charge >= 0.3 is 5.97 Å². The van der Waals surface area contributed by atoms with Crippen LogP contribution in [0.4, 0.5) is 0 Å². The minimum atomic E-state index is -1.27. The number of hydrogen-bond acceptors (Lipinski definition) is 4. The molecule has 1 unspecified atom stereocenters. The zero-order valence-corrected chi connectivity index (χ0v) is 19.7. The average molecular weight is 452 g/mol. The van der Waals surface area contributed by atoms with Gasteiger partial charge in [0.2, 0.25) is 0 Å². The van der Waals surface area contributed by atoms with E-state index in [1.54, 1.807) is 6.07 Å². The first-order valence-electron chi connectivity index (χ1n) is 10.6. The van der Waals surface area contributed by atoms with Crippen LogP contribution in [-0.4, -0.2) is 24.2 Å². The van der Waals surface area contributed by atoms with Gasteiger partial charge in [0.1, 0.15) is 6.04 Å². The summed E-state index contributed by atoms with van der Waals surface area (Å²) >= 11 is 6.68. The lowest BCUT2D eigenvalue weighted by molar-refractivity contribution is -0.158. The Labute approximate surface area is 195 Å². The zero-order valence-electron chi connectivity index (χ0n) is 19.0. The summed E-state index contributed by atoms with van der Waals surface area (Å²) in [5, 5.41) is 0.490. The summed E-state index contributed by atoms with van der Waals surface area (Å²) in [5.41, 5.74) is 7.80. The first-order valence-corrected chi connectivity index (χ1v) is 11.0. The summed E-state index contributed by atoms with van der Waals surface area (Å²) < 4.78 is 12.0. The van der Waals surface area contributed by atoms with Crippen molar-refractivity contribution >= 4 is 17.6 Å². The van der Waals surface area contributed by atoms with Crippen LogP contribution in [0, 0.1) is 6.92 Å². The number of benzene rings is 3. The first-order chi connectivity index (χ1) is 15.1. The highest BCUT2D eigenvalue weighted by Crippen LogP contribution is 2.43. The Morgan fingerprint density at radius 1 is 0.906 bits per heavy atom. The van der Waals surface area contributed by atoms with Crippen LogP contribution in [0.3, 0.4) is 0 Å². The normalized spacial score (nSPS) is 14.4. The van der Waals surface area contributed by atoms with Crippen molar-refractivity contribution in [2.24, 2.45) is 5.73 Å². The molecule has 4 nitrogen and oxygen atoms in total. The van der Waals surface area contributed by atoms with Crippen molar-refractivity contribution in [1.29, 1.82) is 0 Å². The van der Waals surface area contributed by atoms with Crippen molar-refractivity contribution in [1.82, 2.24) is 0 Å². The molecule has 3 aromatic carbocycles. The SMILES string of the molecule is Cc1ccc(C(OC(=O)[C@H](N)COC(C)(C)C)(c2ccccc2)c2ccccc2Cl)cc1. The number of aryl methyl sites for hydroxylation is 1. The van der Waals surface area contributed by atoms with E-state index in [2.05, 4.69) is 0 Å². The Balaban J connectivity index is 2.16. The van der Waals surface area contributed by atoms with E-state index in [-0.39, 0.29) is 6.61 Å². The standard InChI is InChI=1S/C27H30ClNO3/c1-19-14-16-21(17-15-19)27(20-10-6-5-7-11-20,22-12-8-9-13-23(22)28)32-25(30)24(29)18-31-26(2,3)4/h5-17,24H,18,29H2,1-4H3/t24-,27?/m1/s1. The summed E-state index contributed by atoms with van der Waals surface area (Å²) in [7, 11) is 0. The average Bonchev–Trinajstić information content (AvgIpc) is 2.77. The van der Waals surface area contributed by atoms with Gasteiger partial charge < -0.3 is 15.2 Å². The molecule has 2 atom stereocenters. The molecule has 0 saturated carbocycles. The van der Waals surface area contributed by atoms with E-state index in [1.165, 1.54) is 0 Å². The number of carbonyl (C=O) groups is 1. The third-order valence-electron chi connectivity index (χ3n) is 5.14. The fourth-order valence-electron chi connectivity index (χ4n) is 3.49. The largest absolute Gasteiger partial charge is 0.443 e. The summed E-state index contributed by atoms with van der Waals surface area (Å²) in [5.74, 6) is -0.571. The topological polar surface area (TPSA) is 61.5 Å². The Bertz CT molecular complexity index is 1040. The molecule has 0 heterocycles. The molecular formula is C27H30ClNO3. The fourth-order valence-corrected chi connectivity index (χ4v) is 3.76. The number of rotatable bonds is 7. The van der Waals surface area contributed by atoms with E-state index in [0.29, 0.717) is 10.6 Å². The Hall–Kier alpha value is -2.66. The summed E-state index contributed by atoms with van der Waals surface area (Å²) in [6.07, 6.45) is 0. The third kappa shape index (κ3) is 5.39. The number of ether oxygens (including phenoxy) is 2. The van der Waals surface area contributed by atoms with E-state index in [4.69, 9.17) is 26.8 Å². The van der Waals surface area contributed by atoms with Crippen molar-refractivity contribution in [2.45, 2.75) is 44.9 Å². The van der Waals surface area contributed by atoms with Gasteiger partial charge in [-0.05, 0) is 33.8 Å². The number of carbonyl (C=O) groups excluding carboxylic acids is 1. The van der Waals surface area contributed by atoms with Gasteiger partial charge in [-0.2, -0.15) is 0 Å². The summed E-state index contributed by atoms with van der Waals surface area (Å²) in [6.45, 7) is 7.79. The molecule has 5 heteroatoms. The maximum atomic E-state index is 13.3. The highest BCUT2D eigenvalue weighted by Gasteiger charge is 2.43. The van der Waals surface area contributed by atoms with Crippen molar-refractivity contribution in [3.8, 4) is 0 Å². The summed E-state index contributed by atoms with van der Waals surface area (Å²) in [6, 6.07) is 23.9. The number of hydrogen-bond donors (Lipinski definition) is 1. The minimum absolute atomic E-state index is 0.0453. The van der Waals surface area contributed by atoms with Crippen LogP contribution >= 0.6 is 11.6 Å². The predicted molar refractivity (Wildman–Crippen MR) is 129 cm³/mol. The molecule has 0 aromatic heterocycles. The molecule has 0 fully saturated rings. The molecule has 32 heavy (non-hydrogen) atoms. The second-order valence-corrected chi connectivity index (χ2v) is 9.25. The Morgan fingerprint density at radius 3 is 2.06 bits per heavy atom. The fraction of sp³-hybridized carbons (Fsp3) is 0.296. The Kier molecular flexibility index (Phi) is 7.40. The highest BCUT2D eigenvalue weighted by molar-refractivity contribution is 6.31. The molecule has 0 radical (unpaired) electrons. The molecule has 0 bridgehead atoms. The molecule has 0 aliphatic heterocycles. The highest BCUT2D eigenvalue weighted by atomic mass is 35.5. The van der Waals surface area contributed by atoms with E-state index in [0.717, 1.165) is 16.7 Å². The monoisotopic (exact) mass is 451 g/mol. The van der Waals surface area contributed by atoms with Gasteiger partial charge in [0.05, 0.1) is 12.2 Å². The van der Waals surface area contributed by atoms with E-state index < -0.39 is 23.2 Å². The predicted octanol–water partition coefficient (Wildman–Crippen LogP) is 5.63. The minimum Gasteiger partial charge on any atom is -0.443 e. The van der Waals surface area contributed by atoms with Gasteiger partial charge in [-0.3, -0.25) is 4.79 Å². The van der Waals surface area contributed by atoms with Gasteiger partial charge in [-0.1, -0.05) is 90.0 Å². The first kappa shape index (κ1) is 24.0. The Morgan fingerprint density at radius 2 is 1.47 bits per heavy atom. The van der Waals surface area contributed by atoms with Gasteiger partial charge in [0, 0.05) is 21.7 Å². The summed E-state index contributed by atoms with van der Waals surface area (Å²) in [4.78, 5) is 13.3. The quantitative estimate of drug-likeness (QED) is 0.373. The van der Waals surface area contributed by atoms with Crippen molar-refractivity contribution in [2.75, 3.05) is 6.61 Å². The molecule has 3 aromatic rings. The lowest BCUT2D eigenvalue weighted by Crippen LogP contribution is -2.45. The lowest BCUT2D eigenvalue weighted by Gasteiger charge is -2.36. The van der Waals surface area contributed by atoms with Gasteiger partial charge in [0.15, 0.2) is 5.60 Å². The lowest BCUT2D eigenvalue weighted by atomic mass is 9.79. The van der Waals surface area contributed by atoms with Gasteiger partial charge in [-0.15, -0.1) is 0 Å². The molecule has 2 N–H and O–H groups in total. The maximum Gasteiger partial charge on any atom is 0.326 e. The smallest absolute Gasteiger partial charge is 0.326 e. The molecular weight excluding hydrogens is 422 g/mol. The van der Waals surface area contributed by atoms with Crippen molar-refractivity contribution in [3.05, 3.63) is 106 Å². The molecule has 0 amide bonds. The van der Waals surface area contributed by atoms with E-state index in [9.17, 15) is 4.79 Å². The molecule has 0 spiro atoms. The second kappa shape index (κ2) is 9.86. The van der Waals surface area contributed by atoms with Crippen LogP contribution in [-0.2, 0) is 19.9 Å².